The Labute approximate surface area is 134 Å². The first-order chi connectivity index (χ1) is 10.9. The van der Waals surface area contributed by atoms with Gasteiger partial charge in [-0.25, -0.2) is 4.39 Å². The number of halogens is 1. The van der Waals surface area contributed by atoms with Gasteiger partial charge in [0.15, 0.2) is 0 Å². The maximum atomic E-state index is 13.1. The number of nitrogens with zero attached hydrogens (tertiary/aromatic N) is 3. The highest BCUT2D eigenvalue weighted by atomic mass is 19.1. The summed E-state index contributed by atoms with van der Waals surface area (Å²) in [5, 5.41) is 10.9. The second-order valence-corrected chi connectivity index (χ2v) is 5.78. The molecule has 1 fully saturated rings. The molecular formula is C16H20FN3O3. The van der Waals surface area contributed by atoms with Gasteiger partial charge < -0.3 is 9.80 Å². The number of carbonyl (C=O) groups is 1. The molecule has 7 heteroatoms. The average Bonchev–Trinajstić information content (AvgIpc) is 2.53. The number of piperidine rings is 1. The van der Waals surface area contributed by atoms with Gasteiger partial charge in [-0.15, -0.1) is 0 Å². The molecule has 1 heterocycles. The number of likely N-dealkylation sites (N-methyl/N-ethyl adjacent to an activating group) is 1. The summed E-state index contributed by atoms with van der Waals surface area (Å²) in [4.78, 5) is 26.4. The summed E-state index contributed by atoms with van der Waals surface area (Å²) in [5.41, 5.74) is -0.141. The number of nitro groups is 1. The van der Waals surface area contributed by atoms with Gasteiger partial charge in [0.05, 0.1) is 16.6 Å². The zero-order chi connectivity index (χ0) is 17.0. The van der Waals surface area contributed by atoms with Gasteiger partial charge in [0.1, 0.15) is 5.82 Å². The van der Waals surface area contributed by atoms with E-state index in [4.69, 9.17) is 0 Å². The SMILES string of the molecule is CN1CCC(N(C)C(=O)/C=C/c2ccc(F)cc2[N+](=O)[O-])CC1. The van der Waals surface area contributed by atoms with E-state index < -0.39 is 10.7 Å². The van der Waals surface area contributed by atoms with Crippen molar-refractivity contribution in [2.45, 2.75) is 18.9 Å². The Hall–Kier alpha value is -2.28. The van der Waals surface area contributed by atoms with E-state index in [-0.39, 0.29) is 23.2 Å². The van der Waals surface area contributed by atoms with E-state index in [9.17, 15) is 19.3 Å². The van der Waals surface area contributed by atoms with Crippen LogP contribution in [-0.4, -0.2) is 53.9 Å². The van der Waals surface area contributed by atoms with Crippen molar-refractivity contribution in [2.24, 2.45) is 0 Å². The second-order valence-electron chi connectivity index (χ2n) is 5.78. The van der Waals surface area contributed by atoms with Crippen molar-refractivity contribution in [2.75, 3.05) is 27.2 Å². The van der Waals surface area contributed by atoms with Crippen LogP contribution in [0.15, 0.2) is 24.3 Å². The zero-order valence-electron chi connectivity index (χ0n) is 13.2. The van der Waals surface area contributed by atoms with E-state index >= 15 is 0 Å². The lowest BCUT2D eigenvalue weighted by Crippen LogP contribution is -2.43. The smallest absolute Gasteiger partial charge is 0.279 e. The Balaban J connectivity index is 2.07. The normalized spacial score (nSPS) is 16.7. The molecule has 124 valence electrons. The number of likely N-dealkylation sites (tertiary alicyclic amines) is 1. The minimum atomic E-state index is -0.677. The van der Waals surface area contributed by atoms with Crippen LogP contribution < -0.4 is 0 Å². The Morgan fingerprint density at radius 3 is 2.70 bits per heavy atom. The molecule has 0 unspecified atom stereocenters. The fraction of sp³-hybridized carbons (Fsp3) is 0.438. The van der Waals surface area contributed by atoms with Gasteiger partial charge in [0.25, 0.3) is 5.69 Å². The summed E-state index contributed by atoms with van der Waals surface area (Å²) < 4.78 is 13.1. The molecule has 1 saturated heterocycles. The van der Waals surface area contributed by atoms with E-state index in [1.165, 1.54) is 18.2 Å². The molecule has 2 rings (SSSR count). The van der Waals surface area contributed by atoms with Crippen molar-refractivity contribution in [3.05, 3.63) is 45.8 Å². The van der Waals surface area contributed by atoms with Crippen LogP contribution in [-0.2, 0) is 4.79 Å². The Kier molecular flexibility index (Phi) is 5.44. The molecular weight excluding hydrogens is 301 g/mol. The van der Waals surface area contributed by atoms with Crippen molar-refractivity contribution in [1.82, 2.24) is 9.80 Å². The highest BCUT2D eigenvalue weighted by Gasteiger charge is 2.23. The molecule has 0 atom stereocenters. The number of rotatable bonds is 4. The summed E-state index contributed by atoms with van der Waals surface area (Å²) in [6.45, 7) is 1.88. The number of amides is 1. The van der Waals surface area contributed by atoms with E-state index in [1.807, 2.05) is 7.05 Å². The van der Waals surface area contributed by atoms with E-state index in [1.54, 1.807) is 11.9 Å². The number of benzene rings is 1. The Morgan fingerprint density at radius 2 is 2.09 bits per heavy atom. The van der Waals surface area contributed by atoms with Gasteiger partial charge in [0, 0.05) is 19.2 Å². The number of hydrogen-bond acceptors (Lipinski definition) is 4. The molecule has 0 aromatic heterocycles. The van der Waals surface area contributed by atoms with Crippen molar-refractivity contribution >= 4 is 17.7 Å². The lowest BCUT2D eigenvalue weighted by Gasteiger charge is -2.34. The fourth-order valence-electron chi connectivity index (χ4n) is 2.66. The molecule has 6 nitrogen and oxygen atoms in total. The minimum Gasteiger partial charge on any atom is -0.339 e. The standard InChI is InChI=1S/C16H20FN3O3/c1-18-9-7-14(8-10-18)19(2)16(21)6-4-12-3-5-13(17)11-15(12)20(22)23/h3-6,11,14H,7-10H2,1-2H3/b6-4+. The predicted molar refractivity (Wildman–Crippen MR) is 85.4 cm³/mol. The first kappa shape index (κ1) is 17.1. The molecule has 1 aliphatic heterocycles. The Bertz CT molecular complexity index is 625. The molecule has 23 heavy (non-hydrogen) atoms. The number of hydrogen-bond donors (Lipinski definition) is 0. The van der Waals surface area contributed by atoms with Gasteiger partial charge in [-0.2, -0.15) is 0 Å². The number of carbonyl (C=O) groups excluding carboxylic acids is 1. The lowest BCUT2D eigenvalue weighted by molar-refractivity contribution is -0.385. The van der Waals surface area contributed by atoms with Gasteiger partial charge in [-0.3, -0.25) is 14.9 Å². The third kappa shape index (κ3) is 4.35. The van der Waals surface area contributed by atoms with Crippen molar-refractivity contribution in [3.63, 3.8) is 0 Å². The van der Waals surface area contributed by atoms with Crippen molar-refractivity contribution in [3.8, 4) is 0 Å². The fourth-order valence-corrected chi connectivity index (χ4v) is 2.66. The average molecular weight is 321 g/mol. The lowest BCUT2D eigenvalue weighted by atomic mass is 10.0. The van der Waals surface area contributed by atoms with Crippen LogP contribution in [0.5, 0.6) is 0 Å². The zero-order valence-corrected chi connectivity index (χ0v) is 13.2. The quantitative estimate of drug-likeness (QED) is 0.485. The van der Waals surface area contributed by atoms with Gasteiger partial charge in [0.2, 0.25) is 5.91 Å². The van der Waals surface area contributed by atoms with Crippen LogP contribution in [0.4, 0.5) is 10.1 Å². The first-order valence-electron chi connectivity index (χ1n) is 7.46. The highest BCUT2D eigenvalue weighted by molar-refractivity contribution is 5.92. The van der Waals surface area contributed by atoms with E-state index in [0.29, 0.717) is 0 Å². The van der Waals surface area contributed by atoms with Crippen LogP contribution in [0.2, 0.25) is 0 Å². The van der Waals surface area contributed by atoms with Gasteiger partial charge >= 0.3 is 0 Å². The monoisotopic (exact) mass is 321 g/mol. The largest absolute Gasteiger partial charge is 0.339 e. The molecule has 0 bridgehead atoms. The third-order valence-electron chi connectivity index (χ3n) is 4.18. The summed E-state index contributed by atoms with van der Waals surface area (Å²) in [6, 6.07) is 3.46. The van der Waals surface area contributed by atoms with E-state index in [2.05, 4.69) is 4.90 Å². The van der Waals surface area contributed by atoms with Crippen LogP contribution in [0.1, 0.15) is 18.4 Å². The van der Waals surface area contributed by atoms with Gasteiger partial charge in [-0.1, -0.05) is 0 Å². The summed E-state index contributed by atoms with van der Waals surface area (Å²) in [7, 11) is 3.79. The molecule has 0 spiro atoms. The van der Waals surface area contributed by atoms with Crippen LogP contribution in [0.3, 0.4) is 0 Å². The molecule has 1 aromatic carbocycles. The molecule has 1 aromatic rings. The molecule has 0 aliphatic carbocycles. The van der Waals surface area contributed by atoms with Crippen molar-refractivity contribution < 1.29 is 14.1 Å². The highest BCUT2D eigenvalue weighted by Crippen LogP contribution is 2.21. The summed E-state index contributed by atoms with van der Waals surface area (Å²) in [5.74, 6) is -0.887. The third-order valence-corrected chi connectivity index (χ3v) is 4.18. The maximum Gasteiger partial charge on any atom is 0.279 e. The minimum absolute atomic E-state index is 0.173. The molecule has 0 saturated carbocycles. The molecule has 1 aliphatic rings. The van der Waals surface area contributed by atoms with Crippen molar-refractivity contribution in [1.29, 1.82) is 0 Å². The Morgan fingerprint density at radius 1 is 1.43 bits per heavy atom. The number of nitro benzene ring substituents is 1. The van der Waals surface area contributed by atoms with Crippen LogP contribution in [0, 0.1) is 15.9 Å². The predicted octanol–water partition coefficient (Wildman–Crippen LogP) is 2.30. The molecule has 1 amide bonds. The molecule has 0 radical (unpaired) electrons. The van der Waals surface area contributed by atoms with Crippen LogP contribution in [0.25, 0.3) is 6.08 Å². The maximum absolute atomic E-state index is 13.1. The summed E-state index contributed by atoms with van der Waals surface area (Å²) >= 11 is 0. The first-order valence-corrected chi connectivity index (χ1v) is 7.46. The summed E-state index contributed by atoms with van der Waals surface area (Å²) in [6.07, 6.45) is 4.48. The second kappa shape index (κ2) is 7.32. The van der Waals surface area contributed by atoms with Gasteiger partial charge in [-0.05, 0) is 51.2 Å². The molecule has 0 N–H and O–H groups in total. The van der Waals surface area contributed by atoms with E-state index in [0.717, 1.165) is 38.1 Å². The van der Waals surface area contributed by atoms with Crippen LogP contribution >= 0.6 is 0 Å². The topological polar surface area (TPSA) is 66.7 Å².